The van der Waals surface area contributed by atoms with Gasteiger partial charge in [-0.15, -0.1) is 0 Å². The topological polar surface area (TPSA) is 93.1 Å². The van der Waals surface area contributed by atoms with E-state index in [4.69, 9.17) is 19.7 Å². The minimum Gasteiger partial charge on any atom is -0.479 e. The van der Waals surface area contributed by atoms with E-state index in [2.05, 4.69) is 13.8 Å². The second-order valence-electron chi connectivity index (χ2n) is 5.38. The second kappa shape index (κ2) is 13.5. The average Bonchev–Trinajstić information content (AvgIpc) is 2.47. The molecule has 0 fully saturated rings. The molecular formula is C16H30O6. The van der Waals surface area contributed by atoms with Gasteiger partial charge in [-0.25, -0.2) is 9.59 Å². The predicted molar refractivity (Wildman–Crippen MR) is 83.0 cm³/mol. The van der Waals surface area contributed by atoms with Crippen LogP contribution in [0.15, 0.2) is 0 Å². The maximum Gasteiger partial charge on any atom is 0.336 e. The van der Waals surface area contributed by atoms with E-state index in [1.54, 1.807) is 0 Å². The molecule has 0 amide bonds. The van der Waals surface area contributed by atoms with Gasteiger partial charge in [-0.1, -0.05) is 52.4 Å². The van der Waals surface area contributed by atoms with E-state index in [1.165, 1.54) is 0 Å². The van der Waals surface area contributed by atoms with Crippen molar-refractivity contribution in [3.8, 4) is 0 Å². The van der Waals surface area contributed by atoms with Crippen molar-refractivity contribution in [3.63, 3.8) is 0 Å². The molecule has 130 valence electrons. The van der Waals surface area contributed by atoms with Crippen molar-refractivity contribution in [3.05, 3.63) is 0 Å². The highest BCUT2D eigenvalue weighted by Gasteiger charge is 2.35. The molecule has 0 heterocycles. The van der Waals surface area contributed by atoms with Gasteiger partial charge >= 0.3 is 11.9 Å². The van der Waals surface area contributed by atoms with Crippen LogP contribution in [-0.4, -0.2) is 47.6 Å². The fourth-order valence-electron chi connectivity index (χ4n) is 2.05. The molecule has 0 aliphatic heterocycles. The number of unbranched alkanes of at least 4 members (excludes halogenated alkanes) is 6. The van der Waals surface area contributed by atoms with Crippen molar-refractivity contribution in [2.24, 2.45) is 0 Å². The Hall–Kier alpha value is -1.14. The lowest BCUT2D eigenvalue weighted by molar-refractivity contribution is -0.176. The molecule has 0 aliphatic rings. The van der Waals surface area contributed by atoms with Crippen molar-refractivity contribution in [1.29, 1.82) is 0 Å². The van der Waals surface area contributed by atoms with E-state index in [0.717, 1.165) is 51.4 Å². The molecule has 0 aromatic carbocycles. The number of ether oxygens (including phenoxy) is 2. The van der Waals surface area contributed by atoms with E-state index in [0.29, 0.717) is 0 Å². The number of carboxylic acids is 2. The van der Waals surface area contributed by atoms with E-state index in [9.17, 15) is 9.59 Å². The third kappa shape index (κ3) is 9.73. The Labute approximate surface area is 132 Å². The standard InChI is InChI=1S/C16H30O6/c1-3-5-7-9-11-21-13(15(17)18)14(16(19)20)22-12-10-8-6-4-2/h13-14H,3-12H2,1-2H3,(H,17,18)(H,19,20)/t13-,14-/m1/s1. The Morgan fingerprint density at radius 1 is 0.727 bits per heavy atom. The monoisotopic (exact) mass is 318 g/mol. The van der Waals surface area contributed by atoms with Gasteiger partial charge in [0, 0.05) is 13.2 Å². The van der Waals surface area contributed by atoms with E-state index >= 15 is 0 Å². The van der Waals surface area contributed by atoms with Gasteiger partial charge in [0.05, 0.1) is 0 Å². The van der Waals surface area contributed by atoms with Crippen LogP contribution in [0.3, 0.4) is 0 Å². The summed E-state index contributed by atoms with van der Waals surface area (Å²) in [6.07, 6.45) is 4.67. The molecule has 6 nitrogen and oxygen atoms in total. The van der Waals surface area contributed by atoms with Crippen molar-refractivity contribution in [2.45, 2.75) is 77.4 Å². The molecule has 0 aromatic heterocycles. The highest BCUT2D eigenvalue weighted by Crippen LogP contribution is 2.10. The molecule has 0 radical (unpaired) electrons. The summed E-state index contributed by atoms with van der Waals surface area (Å²) in [5.41, 5.74) is 0. The van der Waals surface area contributed by atoms with Gasteiger partial charge in [0.25, 0.3) is 0 Å². The fourth-order valence-corrected chi connectivity index (χ4v) is 2.05. The summed E-state index contributed by atoms with van der Waals surface area (Å²) in [4.78, 5) is 22.5. The zero-order chi connectivity index (χ0) is 16.8. The SMILES string of the molecule is CCCCCCO[C@@H](C(=O)O)[C@@H](OCCCCCC)C(=O)O. The maximum absolute atomic E-state index is 11.2. The van der Waals surface area contributed by atoms with Gasteiger partial charge in [-0.3, -0.25) is 0 Å². The zero-order valence-corrected chi connectivity index (χ0v) is 13.8. The third-order valence-corrected chi connectivity index (χ3v) is 3.35. The van der Waals surface area contributed by atoms with Gasteiger partial charge in [-0.05, 0) is 12.8 Å². The molecule has 0 spiro atoms. The van der Waals surface area contributed by atoms with E-state index in [-0.39, 0.29) is 13.2 Å². The normalized spacial score (nSPS) is 13.7. The number of carbonyl (C=O) groups is 2. The lowest BCUT2D eigenvalue weighted by Crippen LogP contribution is -2.44. The highest BCUT2D eigenvalue weighted by molar-refractivity contribution is 5.83. The van der Waals surface area contributed by atoms with E-state index in [1.807, 2.05) is 0 Å². The molecule has 0 saturated carbocycles. The Morgan fingerprint density at radius 3 is 1.36 bits per heavy atom. The quantitative estimate of drug-likeness (QED) is 0.451. The minimum atomic E-state index is -1.45. The summed E-state index contributed by atoms with van der Waals surface area (Å²) in [6.45, 7) is 4.63. The molecule has 0 bridgehead atoms. The molecule has 2 N–H and O–H groups in total. The van der Waals surface area contributed by atoms with Crippen molar-refractivity contribution >= 4 is 11.9 Å². The van der Waals surface area contributed by atoms with Gasteiger partial charge in [0.15, 0.2) is 12.2 Å². The van der Waals surface area contributed by atoms with Crippen LogP contribution in [0, 0.1) is 0 Å². The first-order valence-corrected chi connectivity index (χ1v) is 8.23. The van der Waals surface area contributed by atoms with Crippen LogP contribution in [-0.2, 0) is 19.1 Å². The first-order chi connectivity index (χ1) is 10.5. The molecule has 0 aliphatic carbocycles. The van der Waals surface area contributed by atoms with Gasteiger partial charge in [0.1, 0.15) is 0 Å². The predicted octanol–water partition coefficient (Wildman–Crippen LogP) is 3.09. The summed E-state index contributed by atoms with van der Waals surface area (Å²) in [6, 6.07) is 0. The minimum absolute atomic E-state index is 0.236. The van der Waals surface area contributed by atoms with Crippen LogP contribution >= 0.6 is 0 Å². The van der Waals surface area contributed by atoms with Crippen molar-refractivity contribution in [1.82, 2.24) is 0 Å². The zero-order valence-electron chi connectivity index (χ0n) is 13.8. The van der Waals surface area contributed by atoms with Crippen LogP contribution in [0.1, 0.15) is 65.2 Å². The number of rotatable bonds is 15. The summed E-state index contributed by atoms with van der Waals surface area (Å²) < 4.78 is 10.5. The molecule has 0 rings (SSSR count). The first kappa shape index (κ1) is 20.9. The maximum atomic E-state index is 11.2. The Kier molecular flexibility index (Phi) is 12.8. The summed E-state index contributed by atoms with van der Waals surface area (Å²) >= 11 is 0. The molecule has 6 heteroatoms. The summed E-state index contributed by atoms with van der Waals surface area (Å²) in [5, 5.41) is 18.3. The number of hydrogen-bond donors (Lipinski definition) is 2. The number of aliphatic carboxylic acids is 2. The molecule has 0 saturated heterocycles. The fraction of sp³-hybridized carbons (Fsp3) is 0.875. The van der Waals surface area contributed by atoms with Gasteiger partial charge in [0.2, 0.25) is 0 Å². The van der Waals surface area contributed by atoms with Crippen molar-refractivity contribution < 1.29 is 29.3 Å². The lowest BCUT2D eigenvalue weighted by Gasteiger charge is -2.21. The lowest BCUT2D eigenvalue weighted by atomic mass is 10.2. The highest BCUT2D eigenvalue weighted by atomic mass is 16.6. The molecule has 2 atom stereocenters. The number of carboxylic acid groups (broad SMARTS) is 2. The smallest absolute Gasteiger partial charge is 0.336 e. The van der Waals surface area contributed by atoms with E-state index < -0.39 is 24.1 Å². The largest absolute Gasteiger partial charge is 0.479 e. The van der Waals surface area contributed by atoms with Crippen LogP contribution in [0.25, 0.3) is 0 Å². The van der Waals surface area contributed by atoms with Crippen LogP contribution in [0.5, 0.6) is 0 Å². The first-order valence-electron chi connectivity index (χ1n) is 8.23. The third-order valence-electron chi connectivity index (χ3n) is 3.35. The molecular weight excluding hydrogens is 288 g/mol. The Balaban J connectivity index is 4.29. The van der Waals surface area contributed by atoms with Crippen LogP contribution in [0.2, 0.25) is 0 Å². The van der Waals surface area contributed by atoms with Crippen molar-refractivity contribution in [2.75, 3.05) is 13.2 Å². The summed E-state index contributed by atoms with van der Waals surface area (Å²) in [5.74, 6) is -2.59. The number of hydrogen-bond acceptors (Lipinski definition) is 4. The average molecular weight is 318 g/mol. The molecule has 22 heavy (non-hydrogen) atoms. The van der Waals surface area contributed by atoms with Gasteiger partial charge < -0.3 is 19.7 Å². The Bertz CT molecular complexity index is 275. The molecule has 0 aromatic rings. The van der Waals surface area contributed by atoms with Crippen LogP contribution in [0.4, 0.5) is 0 Å². The summed E-state index contributed by atoms with van der Waals surface area (Å²) in [7, 11) is 0. The Morgan fingerprint density at radius 2 is 1.09 bits per heavy atom. The second-order valence-corrected chi connectivity index (χ2v) is 5.38. The van der Waals surface area contributed by atoms with Crippen LogP contribution < -0.4 is 0 Å². The molecule has 0 unspecified atom stereocenters. The van der Waals surface area contributed by atoms with Gasteiger partial charge in [-0.2, -0.15) is 0 Å².